The molecule has 1 aliphatic rings. The molecule has 3 nitrogen and oxygen atoms in total. The van der Waals surface area contributed by atoms with Crippen LogP contribution in [0.3, 0.4) is 0 Å². The van der Waals surface area contributed by atoms with E-state index in [1.54, 1.807) is 0 Å². The molecule has 0 amide bonds. The third-order valence-corrected chi connectivity index (χ3v) is 5.02. The van der Waals surface area contributed by atoms with E-state index in [1.807, 2.05) is 0 Å². The molecule has 0 heterocycles. The summed E-state index contributed by atoms with van der Waals surface area (Å²) in [5, 5.41) is 0. The molecule has 0 aromatic heterocycles. The number of nitrogens with one attached hydrogen (secondary N) is 1. The van der Waals surface area contributed by atoms with Gasteiger partial charge in [-0.2, -0.15) is 0 Å². The van der Waals surface area contributed by atoms with Gasteiger partial charge in [0.2, 0.25) is 0 Å². The highest BCUT2D eigenvalue weighted by Crippen LogP contribution is 2.42. The maximum absolute atomic E-state index is 6.26. The van der Waals surface area contributed by atoms with Gasteiger partial charge in [-0.1, -0.05) is 31.4 Å². The monoisotopic (exact) mass is 290 g/mol. The third kappa shape index (κ3) is 3.31. The van der Waals surface area contributed by atoms with Crippen molar-refractivity contribution >= 4 is 0 Å². The molecule has 118 valence electrons. The van der Waals surface area contributed by atoms with Crippen molar-refractivity contribution in [2.24, 2.45) is 5.84 Å². The van der Waals surface area contributed by atoms with Gasteiger partial charge in [0.15, 0.2) is 0 Å². The Hall–Kier alpha value is -0.900. The van der Waals surface area contributed by atoms with E-state index in [0.29, 0.717) is 0 Å². The molecule has 0 spiro atoms. The van der Waals surface area contributed by atoms with E-state index in [2.05, 4.69) is 45.3 Å². The number of ether oxygens (including phenoxy) is 1. The second-order valence-corrected chi connectivity index (χ2v) is 6.45. The minimum atomic E-state index is -0.159. The van der Waals surface area contributed by atoms with Crippen LogP contribution in [0.4, 0.5) is 0 Å². The molecule has 1 aromatic carbocycles. The first-order valence-electron chi connectivity index (χ1n) is 8.22. The maximum Gasteiger partial charge on any atom is 0.0889 e. The Bertz CT molecular complexity index is 473. The highest BCUT2D eigenvalue weighted by atomic mass is 16.5. The Labute approximate surface area is 129 Å². The molecule has 3 N–H and O–H groups in total. The summed E-state index contributed by atoms with van der Waals surface area (Å²) >= 11 is 0. The first kappa shape index (κ1) is 16.5. The van der Waals surface area contributed by atoms with Crippen molar-refractivity contribution < 1.29 is 4.74 Å². The summed E-state index contributed by atoms with van der Waals surface area (Å²) in [6.07, 6.45) is 5.92. The topological polar surface area (TPSA) is 47.3 Å². The van der Waals surface area contributed by atoms with Crippen LogP contribution in [0.5, 0.6) is 0 Å². The van der Waals surface area contributed by atoms with Crippen LogP contribution in [0.1, 0.15) is 67.3 Å². The van der Waals surface area contributed by atoms with Gasteiger partial charge in [0.1, 0.15) is 0 Å². The molecule has 2 rings (SSSR count). The van der Waals surface area contributed by atoms with E-state index in [4.69, 9.17) is 10.6 Å². The van der Waals surface area contributed by atoms with Gasteiger partial charge in [-0.25, -0.2) is 0 Å². The molecular weight excluding hydrogens is 260 g/mol. The summed E-state index contributed by atoms with van der Waals surface area (Å²) in [7, 11) is 0. The summed E-state index contributed by atoms with van der Waals surface area (Å²) in [5.74, 6) is 5.98. The lowest BCUT2D eigenvalue weighted by molar-refractivity contribution is -0.0914. The number of hydrogen-bond acceptors (Lipinski definition) is 3. The maximum atomic E-state index is 6.26. The molecule has 0 bridgehead atoms. The van der Waals surface area contributed by atoms with Gasteiger partial charge >= 0.3 is 0 Å². The highest BCUT2D eigenvalue weighted by molar-refractivity contribution is 5.39. The van der Waals surface area contributed by atoms with Gasteiger partial charge < -0.3 is 4.74 Å². The summed E-state index contributed by atoms with van der Waals surface area (Å²) < 4.78 is 6.26. The first-order valence-corrected chi connectivity index (χ1v) is 8.22. The van der Waals surface area contributed by atoms with Crippen molar-refractivity contribution in [1.29, 1.82) is 0 Å². The van der Waals surface area contributed by atoms with Crippen LogP contribution in [0.25, 0.3) is 0 Å². The second kappa shape index (κ2) is 6.91. The minimum Gasteiger partial charge on any atom is -0.373 e. The van der Waals surface area contributed by atoms with E-state index in [9.17, 15) is 0 Å². The van der Waals surface area contributed by atoms with Crippen molar-refractivity contribution in [2.75, 3.05) is 6.61 Å². The fourth-order valence-corrected chi connectivity index (χ4v) is 3.77. The van der Waals surface area contributed by atoms with Crippen LogP contribution in [0, 0.1) is 20.8 Å². The van der Waals surface area contributed by atoms with Gasteiger partial charge in [-0.05, 0) is 62.8 Å². The smallest absolute Gasteiger partial charge is 0.0889 e. The lowest BCUT2D eigenvalue weighted by atomic mass is 9.75. The Morgan fingerprint density at radius 2 is 1.71 bits per heavy atom. The van der Waals surface area contributed by atoms with Crippen molar-refractivity contribution in [3.63, 3.8) is 0 Å². The molecule has 0 saturated heterocycles. The number of hydrogen-bond donors (Lipinski definition) is 2. The number of aryl methyl sites for hydroxylation is 3. The van der Waals surface area contributed by atoms with Crippen molar-refractivity contribution in [3.8, 4) is 0 Å². The van der Waals surface area contributed by atoms with Gasteiger partial charge in [0.25, 0.3) is 0 Å². The Morgan fingerprint density at radius 1 is 1.10 bits per heavy atom. The first-order chi connectivity index (χ1) is 10.0. The summed E-state index contributed by atoms with van der Waals surface area (Å²) in [6.45, 7) is 9.32. The normalized spacial score (nSPS) is 19.5. The quantitative estimate of drug-likeness (QED) is 0.639. The largest absolute Gasteiger partial charge is 0.373 e. The van der Waals surface area contributed by atoms with Crippen molar-refractivity contribution in [3.05, 3.63) is 34.4 Å². The number of benzene rings is 1. The van der Waals surface area contributed by atoms with E-state index in [0.717, 1.165) is 19.4 Å². The fraction of sp³-hybridized carbons (Fsp3) is 0.667. The zero-order valence-corrected chi connectivity index (χ0v) is 14.0. The zero-order valence-electron chi connectivity index (χ0n) is 14.0. The van der Waals surface area contributed by atoms with Crippen LogP contribution >= 0.6 is 0 Å². The number of nitrogens with two attached hydrogens (primary N) is 1. The van der Waals surface area contributed by atoms with E-state index < -0.39 is 0 Å². The average Bonchev–Trinajstić information content (AvgIpc) is 2.46. The Kier molecular flexibility index (Phi) is 5.42. The van der Waals surface area contributed by atoms with Crippen LogP contribution in [-0.4, -0.2) is 12.2 Å². The third-order valence-electron chi connectivity index (χ3n) is 5.02. The second-order valence-electron chi connectivity index (χ2n) is 6.45. The predicted octanol–water partition coefficient (Wildman–Crippen LogP) is 3.86. The molecule has 0 radical (unpaired) electrons. The van der Waals surface area contributed by atoms with Gasteiger partial charge in [0, 0.05) is 6.61 Å². The number of rotatable bonds is 5. The van der Waals surface area contributed by atoms with Crippen LogP contribution < -0.4 is 11.3 Å². The molecule has 1 fully saturated rings. The molecule has 1 atom stereocenters. The Balaban J connectivity index is 2.43. The Morgan fingerprint density at radius 3 is 2.29 bits per heavy atom. The summed E-state index contributed by atoms with van der Waals surface area (Å²) in [6, 6.07) is 4.61. The molecule has 21 heavy (non-hydrogen) atoms. The minimum absolute atomic E-state index is 0.0667. The van der Waals surface area contributed by atoms with E-state index >= 15 is 0 Å². The summed E-state index contributed by atoms with van der Waals surface area (Å²) in [5.41, 5.74) is 8.15. The van der Waals surface area contributed by atoms with Crippen LogP contribution in [-0.2, 0) is 4.74 Å². The molecule has 1 saturated carbocycles. The molecule has 3 heteroatoms. The van der Waals surface area contributed by atoms with E-state index in [-0.39, 0.29) is 11.6 Å². The fourth-order valence-electron chi connectivity index (χ4n) is 3.77. The zero-order chi connectivity index (χ0) is 15.5. The average molecular weight is 290 g/mol. The van der Waals surface area contributed by atoms with Crippen molar-refractivity contribution in [1.82, 2.24) is 5.43 Å². The molecule has 0 aliphatic heterocycles. The highest BCUT2D eigenvalue weighted by Gasteiger charge is 2.41. The molecule has 1 unspecified atom stereocenters. The lowest BCUT2D eigenvalue weighted by Crippen LogP contribution is -2.50. The predicted molar refractivity (Wildman–Crippen MR) is 88.2 cm³/mol. The molecule has 1 aliphatic carbocycles. The summed E-state index contributed by atoms with van der Waals surface area (Å²) in [4.78, 5) is 0. The van der Waals surface area contributed by atoms with Gasteiger partial charge in [0.05, 0.1) is 11.6 Å². The van der Waals surface area contributed by atoms with E-state index in [1.165, 1.54) is 41.5 Å². The molecule has 1 aromatic rings. The SMILES string of the molecule is CCOC1(C(NN)c2cc(C)c(C)cc2C)CCCCC1. The van der Waals surface area contributed by atoms with Crippen LogP contribution in [0.2, 0.25) is 0 Å². The van der Waals surface area contributed by atoms with Crippen molar-refractivity contribution in [2.45, 2.75) is 71.4 Å². The van der Waals surface area contributed by atoms with Crippen LogP contribution in [0.15, 0.2) is 12.1 Å². The lowest BCUT2D eigenvalue weighted by Gasteiger charge is -2.43. The van der Waals surface area contributed by atoms with Gasteiger partial charge in [-0.3, -0.25) is 11.3 Å². The number of hydrazine groups is 1. The molecular formula is C18H30N2O. The van der Waals surface area contributed by atoms with Gasteiger partial charge in [-0.15, -0.1) is 0 Å². The standard InChI is InChI=1S/C18H30N2O/c1-5-21-18(9-7-6-8-10-18)17(20-19)16-12-14(3)13(2)11-15(16)4/h11-12,17,20H,5-10,19H2,1-4H3.